The maximum atomic E-state index is 13.2. The molecule has 0 aliphatic rings. The Labute approximate surface area is 92.9 Å². The minimum Gasteiger partial charge on any atom is -0.470 e. The second kappa shape index (κ2) is 6.19. The van der Waals surface area contributed by atoms with Gasteiger partial charge >= 0.3 is 0 Å². The number of ether oxygens (including phenoxy) is 2. The highest BCUT2D eigenvalue weighted by atomic mass is 19.1. The molecule has 0 aliphatic carbocycles. The predicted molar refractivity (Wildman–Crippen MR) is 56.4 cm³/mol. The van der Waals surface area contributed by atoms with E-state index in [1.54, 1.807) is 6.92 Å². The Morgan fingerprint density at radius 3 is 3.00 bits per heavy atom. The van der Waals surface area contributed by atoms with Gasteiger partial charge in [0.15, 0.2) is 0 Å². The van der Waals surface area contributed by atoms with Gasteiger partial charge in [-0.05, 0) is 13.8 Å². The van der Waals surface area contributed by atoms with Gasteiger partial charge in [-0.25, -0.2) is 10.8 Å². The molecule has 0 aliphatic heterocycles. The lowest BCUT2D eigenvalue weighted by Gasteiger charge is -2.14. The number of rotatable bonds is 6. The first-order chi connectivity index (χ1) is 7.67. The van der Waals surface area contributed by atoms with E-state index in [9.17, 15) is 4.39 Å². The van der Waals surface area contributed by atoms with Crippen molar-refractivity contribution in [2.75, 3.05) is 18.6 Å². The molecule has 0 aromatic carbocycles. The lowest BCUT2D eigenvalue weighted by atomic mass is 10.4. The topological polar surface area (TPSA) is 82.3 Å². The Morgan fingerprint density at radius 2 is 2.38 bits per heavy atom. The Kier molecular flexibility index (Phi) is 4.87. The van der Waals surface area contributed by atoms with Gasteiger partial charge in [-0.1, -0.05) is 0 Å². The summed E-state index contributed by atoms with van der Waals surface area (Å²) in [5.41, 5.74) is 2.21. The summed E-state index contributed by atoms with van der Waals surface area (Å²) in [5.74, 6) is 4.42. The van der Waals surface area contributed by atoms with E-state index in [1.165, 1.54) is 0 Å². The number of anilines is 1. The first-order valence-electron chi connectivity index (χ1n) is 4.91. The molecule has 3 N–H and O–H groups in total. The molecule has 7 heteroatoms. The summed E-state index contributed by atoms with van der Waals surface area (Å²) in [5, 5.41) is 0. The van der Waals surface area contributed by atoms with Crippen LogP contribution in [0.15, 0.2) is 6.20 Å². The van der Waals surface area contributed by atoms with Crippen LogP contribution in [0, 0.1) is 5.82 Å². The number of hydrogen-bond donors (Lipinski definition) is 2. The van der Waals surface area contributed by atoms with Crippen LogP contribution in [0.1, 0.15) is 13.8 Å². The van der Waals surface area contributed by atoms with E-state index in [2.05, 4.69) is 15.4 Å². The molecule has 16 heavy (non-hydrogen) atoms. The standard InChI is InChI=1S/C9H15FN4O2/c1-3-15-5-6(2)16-8-7(10)4-12-9(13-8)14-11/h4,6H,3,5,11H2,1-2H3,(H,12,13,14). The number of aromatic nitrogens is 2. The van der Waals surface area contributed by atoms with E-state index in [4.69, 9.17) is 15.3 Å². The Balaban J connectivity index is 2.64. The highest BCUT2D eigenvalue weighted by Gasteiger charge is 2.11. The van der Waals surface area contributed by atoms with Crippen LogP contribution >= 0.6 is 0 Å². The van der Waals surface area contributed by atoms with Gasteiger partial charge in [0.25, 0.3) is 5.88 Å². The number of nitrogens with two attached hydrogens (primary N) is 1. The molecule has 90 valence electrons. The number of nitrogens with one attached hydrogen (secondary N) is 1. The minimum absolute atomic E-state index is 0.0972. The van der Waals surface area contributed by atoms with Crippen LogP contribution in [0.3, 0.4) is 0 Å². The van der Waals surface area contributed by atoms with Crippen LogP contribution in [0.2, 0.25) is 0 Å². The summed E-state index contributed by atoms with van der Waals surface area (Å²) in [6, 6.07) is 0. The minimum atomic E-state index is -0.637. The van der Waals surface area contributed by atoms with Crippen LogP contribution in [0.4, 0.5) is 10.3 Å². The predicted octanol–water partition coefficient (Wildman–Crippen LogP) is 0.705. The molecule has 0 saturated heterocycles. The lowest BCUT2D eigenvalue weighted by Crippen LogP contribution is -2.21. The molecular formula is C9H15FN4O2. The molecule has 0 radical (unpaired) electrons. The molecule has 1 unspecified atom stereocenters. The van der Waals surface area contributed by atoms with Crippen molar-refractivity contribution in [1.29, 1.82) is 0 Å². The number of hydrazine groups is 1. The third kappa shape index (κ3) is 3.59. The Morgan fingerprint density at radius 1 is 1.62 bits per heavy atom. The maximum Gasteiger partial charge on any atom is 0.255 e. The van der Waals surface area contributed by atoms with Gasteiger partial charge in [-0.15, -0.1) is 0 Å². The van der Waals surface area contributed by atoms with Crippen LogP contribution in [-0.2, 0) is 4.74 Å². The molecule has 1 aromatic rings. The van der Waals surface area contributed by atoms with E-state index >= 15 is 0 Å². The molecule has 0 saturated carbocycles. The van der Waals surface area contributed by atoms with Crippen LogP contribution in [0.5, 0.6) is 5.88 Å². The van der Waals surface area contributed by atoms with Crippen molar-refractivity contribution in [1.82, 2.24) is 9.97 Å². The number of nitrogen functional groups attached to an aromatic ring is 1. The fourth-order valence-corrected chi connectivity index (χ4v) is 1.01. The monoisotopic (exact) mass is 230 g/mol. The third-order valence-electron chi connectivity index (χ3n) is 1.71. The molecule has 0 spiro atoms. The summed E-state index contributed by atoms with van der Waals surface area (Å²) in [4.78, 5) is 7.33. The van der Waals surface area contributed by atoms with Gasteiger partial charge in [-0.2, -0.15) is 9.37 Å². The van der Waals surface area contributed by atoms with Crippen LogP contribution < -0.4 is 16.0 Å². The van der Waals surface area contributed by atoms with E-state index in [-0.39, 0.29) is 17.9 Å². The summed E-state index contributed by atoms with van der Waals surface area (Å²) in [6.45, 7) is 4.57. The molecule has 1 aromatic heterocycles. The van der Waals surface area contributed by atoms with Gasteiger partial charge < -0.3 is 9.47 Å². The molecule has 1 rings (SSSR count). The molecule has 0 fully saturated rings. The van der Waals surface area contributed by atoms with Gasteiger partial charge in [0, 0.05) is 6.61 Å². The Bertz CT molecular complexity index is 337. The van der Waals surface area contributed by atoms with Crippen molar-refractivity contribution < 1.29 is 13.9 Å². The summed E-state index contributed by atoms with van der Waals surface area (Å²) >= 11 is 0. The van der Waals surface area contributed by atoms with E-state index in [1.807, 2.05) is 6.92 Å². The highest BCUT2D eigenvalue weighted by molar-refractivity contribution is 5.26. The van der Waals surface area contributed by atoms with Gasteiger partial charge in [-0.3, -0.25) is 5.43 Å². The van der Waals surface area contributed by atoms with Gasteiger partial charge in [0.05, 0.1) is 12.8 Å². The zero-order valence-electron chi connectivity index (χ0n) is 9.24. The second-order valence-corrected chi connectivity index (χ2v) is 3.08. The molecular weight excluding hydrogens is 215 g/mol. The average Bonchev–Trinajstić information content (AvgIpc) is 2.29. The summed E-state index contributed by atoms with van der Waals surface area (Å²) < 4.78 is 23.6. The van der Waals surface area contributed by atoms with Crippen molar-refractivity contribution in [3.8, 4) is 5.88 Å². The largest absolute Gasteiger partial charge is 0.470 e. The quantitative estimate of drug-likeness (QED) is 0.553. The first kappa shape index (κ1) is 12.6. The van der Waals surface area contributed by atoms with Crippen molar-refractivity contribution in [2.24, 2.45) is 5.84 Å². The zero-order chi connectivity index (χ0) is 12.0. The SMILES string of the molecule is CCOCC(C)Oc1nc(NN)ncc1F. The lowest BCUT2D eigenvalue weighted by molar-refractivity contribution is 0.0610. The normalized spacial score (nSPS) is 12.2. The summed E-state index contributed by atoms with van der Waals surface area (Å²) in [7, 11) is 0. The number of nitrogens with zero attached hydrogens (tertiary/aromatic N) is 2. The van der Waals surface area contributed by atoms with Crippen molar-refractivity contribution in [2.45, 2.75) is 20.0 Å². The van der Waals surface area contributed by atoms with Crippen LogP contribution in [0.25, 0.3) is 0 Å². The van der Waals surface area contributed by atoms with E-state index in [0.29, 0.717) is 13.2 Å². The molecule has 6 nitrogen and oxygen atoms in total. The van der Waals surface area contributed by atoms with Crippen molar-refractivity contribution in [3.63, 3.8) is 0 Å². The Hall–Kier alpha value is -1.47. The first-order valence-corrected chi connectivity index (χ1v) is 4.91. The smallest absolute Gasteiger partial charge is 0.255 e. The second-order valence-electron chi connectivity index (χ2n) is 3.08. The summed E-state index contributed by atoms with van der Waals surface area (Å²) in [6.07, 6.45) is 0.695. The molecule has 0 amide bonds. The van der Waals surface area contributed by atoms with Crippen LogP contribution in [-0.4, -0.2) is 29.3 Å². The molecule has 0 bridgehead atoms. The van der Waals surface area contributed by atoms with Crippen molar-refractivity contribution >= 4 is 5.95 Å². The van der Waals surface area contributed by atoms with Crippen molar-refractivity contribution in [3.05, 3.63) is 12.0 Å². The fraction of sp³-hybridized carbons (Fsp3) is 0.556. The van der Waals surface area contributed by atoms with E-state index in [0.717, 1.165) is 6.20 Å². The highest BCUT2D eigenvalue weighted by Crippen LogP contribution is 2.15. The number of hydrogen-bond acceptors (Lipinski definition) is 6. The maximum absolute atomic E-state index is 13.2. The third-order valence-corrected chi connectivity index (χ3v) is 1.71. The van der Waals surface area contributed by atoms with Gasteiger partial charge in [0.1, 0.15) is 6.10 Å². The van der Waals surface area contributed by atoms with E-state index < -0.39 is 5.82 Å². The average molecular weight is 230 g/mol. The zero-order valence-corrected chi connectivity index (χ0v) is 9.24. The van der Waals surface area contributed by atoms with Gasteiger partial charge in [0.2, 0.25) is 11.8 Å². The fourth-order valence-electron chi connectivity index (χ4n) is 1.01. The number of halogens is 1. The molecule has 1 atom stereocenters. The molecule has 1 heterocycles.